The number of hydrogen-bond acceptors (Lipinski definition) is 8. The molecule has 1 amide bonds. The molecule has 0 aliphatic heterocycles. The molecular weight excluding hydrogens is 468 g/mol. The fraction of sp³-hybridized carbons (Fsp3) is 0.208. The summed E-state index contributed by atoms with van der Waals surface area (Å²) in [6.45, 7) is 3.95. The van der Waals surface area contributed by atoms with Gasteiger partial charge in [-0.1, -0.05) is 11.3 Å². The molecule has 1 N–H and O–H groups in total. The van der Waals surface area contributed by atoms with Crippen molar-refractivity contribution in [3.63, 3.8) is 0 Å². The van der Waals surface area contributed by atoms with Crippen LogP contribution >= 0.6 is 11.3 Å². The second kappa shape index (κ2) is 9.18. The predicted molar refractivity (Wildman–Crippen MR) is 133 cm³/mol. The fourth-order valence-electron chi connectivity index (χ4n) is 3.73. The summed E-state index contributed by atoms with van der Waals surface area (Å²) in [7, 11) is 1.60. The van der Waals surface area contributed by atoms with E-state index < -0.39 is 11.6 Å². The van der Waals surface area contributed by atoms with Gasteiger partial charge in [-0.25, -0.2) is 23.8 Å². The second-order valence-electron chi connectivity index (χ2n) is 7.68. The van der Waals surface area contributed by atoms with Gasteiger partial charge in [-0.15, -0.1) is 5.10 Å². The summed E-state index contributed by atoms with van der Waals surface area (Å²) < 4.78 is 14.1. The maximum absolute atomic E-state index is 12.9. The van der Waals surface area contributed by atoms with Gasteiger partial charge in [-0.2, -0.15) is 0 Å². The Hall–Kier alpha value is -4.25. The lowest BCUT2D eigenvalue weighted by molar-refractivity contribution is -0.117. The number of benzene rings is 2. The van der Waals surface area contributed by atoms with Gasteiger partial charge in [0.25, 0.3) is 0 Å². The first kappa shape index (κ1) is 22.5. The molecule has 2 aromatic carbocycles. The molecule has 3 heterocycles. The van der Waals surface area contributed by atoms with E-state index in [4.69, 9.17) is 9.47 Å². The van der Waals surface area contributed by atoms with Crippen molar-refractivity contribution in [3.8, 4) is 22.8 Å². The van der Waals surface area contributed by atoms with Crippen LogP contribution in [0.3, 0.4) is 0 Å². The van der Waals surface area contributed by atoms with Crippen LogP contribution in [0.15, 0.2) is 53.3 Å². The number of aromatic nitrogens is 5. The Kier molecular flexibility index (Phi) is 5.91. The van der Waals surface area contributed by atoms with Gasteiger partial charge in [-0.05, 0) is 50.2 Å². The first-order chi connectivity index (χ1) is 16.9. The van der Waals surface area contributed by atoms with Crippen LogP contribution in [-0.4, -0.2) is 43.8 Å². The minimum atomic E-state index is -0.438. The van der Waals surface area contributed by atoms with Gasteiger partial charge in [0, 0.05) is 17.7 Å². The van der Waals surface area contributed by atoms with E-state index in [9.17, 15) is 9.59 Å². The number of aryl methyl sites for hydroxylation is 1. The predicted octanol–water partition coefficient (Wildman–Crippen LogP) is 3.52. The summed E-state index contributed by atoms with van der Waals surface area (Å²) in [4.78, 5) is 34.6. The number of nitrogens with zero attached hydrogens (tertiary/aromatic N) is 5. The molecule has 5 aromatic rings. The number of carbonyl (C=O) groups excluding carboxylic acids is 1. The number of fused-ring (bicyclic) bond motifs is 2. The standard InChI is InChI=1S/C24H22N6O4S/c1-4-34-17-9-10-20-19(11-17)26-23(35-20)27-22(31)13-29-24(32)30-14(2)25-18(12-21(30)28-29)15-5-7-16(33-3)8-6-15/h5-12H,4,13H2,1-3H3,(H,26,27,31). The van der Waals surface area contributed by atoms with Crippen LogP contribution < -0.4 is 20.5 Å². The fourth-order valence-corrected chi connectivity index (χ4v) is 4.59. The Morgan fingerprint density at radius 2 is 1.86 bits per heavy atom. The third-order valence-electron chi connectivity index (χ3n) is 5.33. The Balaban J connectivity index is 1.38. The molecule has 0 aliphatic carbocycles. The van der Waals surface area contributed by atoms with E-state index in [1.54, 1.807) is 20.1 Å². The highest BCUT2D eigenvalue weighted by Gasteiger charge is 2.16. The van der Waals surface area contributed by atoms with Crippen molar-refractivity contribution in [3.05, 3.63) is 64.8 Å². The summed E-state index contributed by atoms with van der Waals surface area (Å²) in [5, 5.41) is 7.55. The minimum Gasteiger partial charge on any atom is -0.497 e. The molecule has 5 rings (SSSR count). The normalized spacial score (nSPS) is 11.2. The molecule has 178 valence electrons. The maximum Gasteiger partial charge on any atom is 0.352 e. The van der Waals surface area contributed by atoms with Crippen molar-refractivity contribution in [1.29, 1.82) is 0 Å². The van der Waals surface area contributed by atoms with Gasteiger partial charge in [-0.3, -0.25) is 4.79 Å². The van der Waals surface area contributed by atoms with Crippen molar-refractivity contribution in [2.75, 3.05) is 19.0 Å². The lowest BCUT2D eigenvalue weighted by Crippen LogP contribution is -2.28. The zero-order chi connectivity index (χ0) is 24.5. The number of methoxy groups -OCH3 is 1. The monoisotopic (exact) mass is 490 g/mol. The summed E-state index contributed by atoms with van der Waals surface area (Å²) in [5.41, 5.74) is 2.23. The van der Waals surface area contributed by atoms with Gasteiger partial charge in [0.15, 0.2) is 10.8 Å². The third kappa shape index (κ3) is 4.45. The van der Waals surface area contributed by atoms with E-state index in [0.717, 1.165) is 32.0 Å². The van der Waals surface area contributed by atoms with Crippen molar-refractivity contribution >= 4 is 38.2 Å². The van der Waals surface area contributed by atoms with Crippen LogP contribution in [0.2, 0.25) is 0 Å². The quantitative estimate of drug-likeness (QED) is 0.371. The highest BCUT2D eigenvalue weighted by Crippen LogP contribution is 2.29. The first-order valence-corrected chi connectivity index (χ1v) is 11.7. The summed E-state index contributed by atoms with van der Waals surface area (Å²) in [6, 6.07) is 14.8. The molecule has 3 aromatic heterocycles. The highest BCUT2D eigenvalue weighted by molar-refractivity contribution is 7.22. The number of amides is 1. The lowest BCUT2D eigenvalue weighted by atomic mass is 10.1. The molecule has 0 spiro atoms. The van der Waals surface area contributed by atoms with Gasteiger partial charge in [0.05, 0.1) is 29.6 Å². The van der Waals surface area contributed by atoms with E-state index in [2.05, 4.69) is 20.4 Å². The molecule has 0 bridgehead atoms. The van der Waals surface area contributed by atoms with E-state index in [-0.39, 0.29) is 6.54 Å². The minimum absolute atomic E-state index is 0.252. The topological polar surface area (TPSA) is 113 Å². The number of hydrogen-bond donors (Lipinski definition) is 1. The zero-order valence-electron chi connectivity index (χ0n) is 19.3. The van der Waals surface area contributed by atoms with Crippen molar-refractivity contribution in [2.45, 2.75) is 20.4 Å². The molecule has 0 saturated carbocycles. The Morgan fingerprint density at radius 1 is 1.09 bits per heavy atom. The molecule has 0 radical (unpaired) electrons. The molecule has 0 aliphatic rings. The molecular formula is C24H22N6O4S. The molecule has 0 fully saturated rings. The molecule has 10 nitrogen and oxygen atoms in total. The summed E-state index contributed by atoms with van der Waals surface area (Å²) in [5.74, 6) is 1.53. The number of ether oxygens (including phenoxy) is 2. The Bertz CT molecular complexity index is 1600. The van der Waals surface area contributed by atoms with Crippen LogP contribution in [0.1, 0.15) is 12.7 Å². The average molecular weight is 491 g/mol. The highest BCUT2D eigenvalue weighted by atomic mass is 32.1. The van der Waals surface area contributed by atoms with Crippen molar-refractivity contribution in [1.82, 2.24) is 24.1 Å². The number of carbonyl (C=O) groups is 1. The van der Waals surface area contributed by atoms with E-state index >= 15 is 0 Å². The van der Waals surface area contributed by atoms with E-state index in [1.807, 2.05) is 49.4 Å². The Labute approximate surface area is 203 Å². The summed E-state index contributed by atoms with van der Waals surface area (Å²) >= 11 is 1.35. The second-order valence-corrected chi connectivity index (χ2v) is 8.71. The van der Waals surface area contributed by atoms with Crippen LogP contribution in [-0.2, 0) is 11.3 Å². The maximum atomic E-state index is 12.9. The molecule has 11 heteroatoms. The van der Waals surface area contributed by atoms with Gasteiger partial charge in [0.2, 0.25) is 5.91 Å². The number of nitrogens with one attached hydrogen (secondary N) is 1. The van der Waals surface area contributed by atoms with Crippen LogP contribution in [0.25, 0.3) is 27.1 Å². The average Bonchev–Trinajstić information content (AvgIpc) is 3.38. The third-order valence-corrected chi connectivity index (χ3v) is 6.28. The van der Waals surface area contributed by atoms with Crippen LogP contribution in [0, 0.1) is 6.92 Å². The first-order valence-electron chi connectivity index (χ1n) is 10.9. The number of thiazole rings is 1. The summed E-state index contributed by atoms with van der Waals surface area (Å²) in [6.07, 6.45) is 0. The Morgan fingerprint density at radius 3 is 2.60 bits per heavy atom. The molecule has 0 unspecified atom stereocenters. The van der Waals surface area contributed by atoms with Gasteiger partial charge < -0.3 is 14.8 Å². The van der Waals surface area contributed by atoms with Crippen LogP contribution in [0.4, 0.5) is 5.13 Å². The number of anilines is 1. The SMILES string of the molecule is CCOc1ccc2sc(NC(=O)Cn3nc4cc(-c5ccc(OC)cc5)nc(C)n4c3=O)nc2c1. The van der Waals surface area contributed by atoms with E-state index in [1.165, 1.54) is 15.7 Å². The molecule has 0 saturated heterocycles. The smallest absolute Gasteiger partial charge is 0.352 e. The van der Waals surface area contributed by atoms with E-state index in [0.29, 0.717) is 28.9 Å². The van der Waals surface area contributed by atoms with Crippen molar-refractivity contribution < 1.29 is 14.3 Å². The number of rotatable bonds is 7. The van der Waals surface area contributed by atoms with Crippen LogP contribution in [0.5, 0.6) is 11.5 Å². The van der Waals surface area contributed by atoms with Gasteiger partial charge >= 0.3 is 5.69 Å². The largest absolute Gasteiger partial charge is 0.497 e. The van der Waals surface area contributed by atoms with Gasteiger partial charge in [0.1, 0.15) is 23.9 Å². The molecule has 35 heavy (non-hydrogen) atoms. The van der Waals surface area contributed by atoms with Crippen molar-refractivity contribution in [2.24, 2.45) is 0 Å². The molecule has 0 atom stereocenters. The zero-order valence-corrected chi connectivity index (χ0v) is 20.1. The lowest BCUT2D eigenvalue weighted by Gasteiger charge is -2.05.